The average molecular weight is 1350 g/mol. The lowest BCUT2D eigenvalue weighted by Crippen LogP contribution is -2.61. The van der Waals surface area contributed by atoms with Gasteiger partial charge in [-0.1, -0.05) is 6.07 Å². The van der Waals surface area contributed by atoms with Crippen LogP contribution in [-0.4, -0.2) is 325 Å². The SMILES string of the molecule is COCCOCCOCCOCCOCCOCC(=O)N[C@@H](CCCCNC(=O)c1cc(COC(C)=O)ccc1O[C@@H]1O[C@H](C(=O)O)[C@@H](O)[C@H](O)[C@H]1O)C(=O)CCCOCCOCCOCCOCCOCCOCCOCCOCCOCCOCCOCCON. The van der Waals surface area contributed by atoms with E-state index in [1.54, 1.807) is 7.11 Å². The van der Waals surface area contributed by atoms with Crippen LogP contribution in [0.2, 0.25) is 0 Å². The van der Waals surface area contributed by atoms with E-state index in [9.17, 15) is 44.4 Å². The maximum Gasteiger partial charge on any atom is 0.335 e. The average Bonchev–Trinajstić information content (AvgIpc) is 0.912. The van der Waals surface area contributed by atoms with Crippen LogP contribution in [0.15, 0.2) is 18.2 Å². The third kappa shape index (κ3) is 46.5. The molecule has 0 spiro atoms. The highest BCUT2D eigenvalue weighted by Gasteiger charge is 2.48. The number of rotatable bonds is 67. The number of carboxylic acid groups (broad SMARTS) is 1. The van der Waals surface area contributed by atoms with E-state index in [2.05, 4.69) is 15.5 Å². The molecule has 1 aromatic rings. The van der Waals surface area contributed by atoms with E-state index in [4.69, 9.17) is 101 Å². The highest BCUT2D eigenvalue weighted by molar-refractivity contribution is 5.97. The molecule has 540 valence electrons. The van der Waals surface area contributed by atoms with Gasteiger partial charge in [-0.2, -0.15) is 0 Å². The van der Waals surface area contributed by atoms with Gasteiger partial charge in [0.05, 0.1) is 223 Å². The van der Waals surface area contributed by atoms with Gasteiger partial charge in [0.25, 0.3) is 5.91 Å². The molecule has 1 aromatic carbocycles. The van der Waals surface area contributed by atoms with Crippen LogP contribution < -0.4 is 21.3 Å². The fourth-order valence-electron chi connectivity index (χ4n) is 7.84. The first-order valence-electron chi connectivity index (χ1n) is 31.4. The zero-order valence-corrected chi connectivity index (χ0v) is 54.2. The van der Waals surface area contributed by atoms with Crippen molar-refractivity contribution in [2.24, 2.45) is 5.90 Å². The highest BCUT2D eigenvalue weighted by atomic mass is 16.7. The zero-order chi connectivity index (χ0) is 67.5. The molecule has 8 N–H and O–H groups in total. The second-order valence-corrected chi connectivity index (χ2v) is 20.0. The summed E-state index contributed by atoms with van der Waals surface area (Å²) in [6.45, 7) is 13.8. The molecule has 2 rings (SSSR count). The molecule has 0 aliphatic carbocycles. The fraction of sp³-hybridized carbons (Fsp3) is 0.817. The Morgan fingerprint density at radius 3 is 1.33 bits per heavy atom. The Morgan fingerprint density at radius 1 is 0.516 bits per heavy atom. The molecule has 33 heteroatoms. The third-order valence-corrected chi connectivity index (χ3v) is 12.6. The summed E-state index contributed by atoms with van der Waals surface area (Å²) >= 11 is 0. The van der Waals surface area contributed by atoms with Crippen LogP contribution in [0.1, 0.15) is 54.9 Å². The number of carbonyl (C=O) groups excluding carboxylic acids is 4. The first-order valence-corrected chi connectivity index (χ1v) is 31.4. The van der Waals surface area contributed by atoms with Crippen LogP contribution in [0.25, 0.3) is 0 Å². The summed E-state index contributed by atoms with van der Waals surface area (Å²) in [6, 6.07) is 3.23. The predicted molar refractivity (Wildman–Crippen MR) is 324 cm³/mol. The second-order valence-electron chi connectivity index (χ2n) is 20.0. The number of nitrogens with two attached hydrogens (primary N) is 1. The monoisotopic (exact) mass is 1350 g/mol. The van der Waals surface area contributed by atoms with E-state index in [0.29, 0.717) is 216 Å². The van der Waals surface area contributed by atoms with Crippen molar-refractivity contribution in [2.75, 3.05) is 238 Å². The van der Waals surface area contributed by atoms with Gasteiger partial charge in [0.2, 0.25) is 12.2 Å². The van der Waals surface area contributed by atoms with Crippen LogP contribution in [-0.2, 0) is 121 Å². The first-order chi connectivity index (χ1) is 45.4. The van der Waals surface area contributed by atoms with E-state index < -0.39 is 60.5 Å². The number of benzene rings is 1. The lowest BCUT2D eigenvalue weighted by atomic mass is 9.99. The third-order valence-electron chi connectivity index (χ3n) is 12.6. The summed E-state index contributed by atoms with van der Waals surface area (Å²) in [5.41, 5.74) is 0.255. The molecule has 2 amide bonds. The van der Waals surface area contributed by atoms with Crippen molar-refractivity contribution in [3.05, 3.63) is 29.3 Å². The molecule has 0 saturated carbocycles. The number of amides is 2. The van der Waals surface area contributed by atoms with Crippen molar-refractivity contribution in [2.45, 2.75) is 82.4 Å². The number of hydrogen-bond acceptors (Lipinski definition) is 30. The predicted octanol–water partition coefficient (Wildman–Crippen LogP) is -1.44. The van der Waals surface area contributed by atoms with Crippen molar-refractivity contribution in [1.82, 2.24) is 10.6 Å². The lowest BCUT2D eigenvalue weighted by Gasteiger charge is -2.38. The Hall–Kier alpha value is -4.35. The minimum Gasteiger partial charge on any atom is -0.479 e. The largest absolute Gasteiger partial charge is 0.479 e. The van der Waals surface area contributed by atoms with Gasteiger partial charge in [0.1, 0.15) is 37.3 Å². The van der Waals surface area contributed by atoms with E-state index in [1.807, 2.05) is 0 Å². The summed E-state index contributed by atoms with van der Waals surface area (Å²) in [5.74, 6) is 1.08. The Labute approximate surface area is 544 Å². The Morgan fingerprint density at radius 2 is 0.925 bits per heavy atom. The number of methoxy groups -OCH3 is 1. The van der Waals surface area contributed by atoms with Gasteiger partial charge in [0, 0.05) is 33.6 Å². The molecule has 0 bridgehead atoms. The number of carbonyl (C=O) groups is 5. The van der Waals surface area contributed by atoms with Crippen LogP contribution in [0.4, 0.5) is 0 Å². The Bertz CT molecular complexity index is 2000. The number of unbranched alkanes of at least 4 members (excludes halogenated alkanes) is 1. The van der Waals surface area contributed by atoms with Gasteiger partial charge in [-0.3, -0.25) is 19.2 Å². The number of hydrogen-bond donors (Lipinski definition) is 7. The van der Waals surface area contributed by atoms with Crippen LogP contribution in [0, 0.1) is 0 Å². The normalized spacial score (nSPS) is 16.7. The molecule has 6 atom stereocenters. The molecule has 1 fully saturated rings. The van der Waals surface area contributed by atoms with Crippen LogP contribution in [0.5, 0.6) is 5.75 Å². The zero-order valence-electron chi connectivity index (χ0n) is 54.2. The molecular weight excluding hydrogens is 1240 g/mol. The number of esters is 1. The highest BCUT2D eigenvalue weighted by Crippen LogP contribution is 2.28. The molecule has 93 heavy (non-hydrogen) atoms. The molecular formula is C60H105N3O30. The van der Waals surface area contributed by atoms with Crippen LogP contribution >= 0.6 is 0 Å². The Balaban J connectivity index is 1.65. The van der Waals surface area contributed by atoms with E-state index in [0.717, 1.165) is 0 Å². The van der Waals surface area contributed by atoms with Crippen molar-refractivity contribution >= 4 is 29.5 Å². The Kier molecular flexibility index (Phi) is 54.8. The smallest absolute Gasteiger partial charge is 0.335 e. The number of aliphatic hydroxyl groups excluding tert-OH is 3. The topological polar surface area (TPSA) is 410 Å². The minimum atomic E-state index is -1.97. The number of ether oxygens (including phenoxy) is 20. The number of ketones is 1. The van der Waals surface area contributed by atoms with Crippen molar-refractivity contribution in [1.29, 1.82) is 0 Å². The number of aliphatic hydroxyl groups is 3. The van der Waals surface area contributed by atoms with Gasteiger partial charge in [-0.05, 0) is 43.4 Å². The molecule has 33 nitrogen and oxygen atoms in total. The number of nitrogens with one attached hydrogen (secondary N) is 2. The summed E-state index contributed by atoms with van der Waals surface area (Å²) in [7, 11) is 1.60. The van der Waals surface area contributed by atoms with Crippen LogP contribution in [0.3, 0.4) is 0 Å². The second kappa shape index (κ2) is 60.1. The lowest BCUT2D eigenvalue weighted by molar-refractivity contribution is -0.271. The van der Waals surface area contributed by atoms with Gasteiger partial charge in [-0.25, -0.2) is 10.7 Å². The van der Waals surface area contributed by atoms with Crippen molar-refractivity contribution in [3.8, 4) is 5.75 Å². The molecule has 1 saturated heterocycles. The summed E-state index contributed by atoms with van der Waals surface area (Å²) < 4.78 is 109. The quantitative estimate of drug-likeness (QED) is 0.0223. The molecule has 0 radical (unpaired) electrons. The molecule has 1 heterocycles. The van der Waals surface area contributed by atoms with E-state index in [-0.39, 0.29) is 76.1 Å². The van der Waals surface area contributed by atoms with Gasteiger partial charge >= 0.3 is 11.9 Å². The molecule has 0 aromatic heterocycles. The first kappa shape index (κ1) is 84.7. The summed E-state index contributed by atoms with van der Waals surface area (Å²) in [6.07, 6.45) is -8.23. The summed E-state index contributed by atoms with van der Waals surface area (Å²) in [5, 5.41) is 46.0. The molecule has 1 aliphatic rings. The minimum absolute atomic E-state index is 0.0778. The van der Waals surface area contributed by atoms with Crippen molar-refractivity contribution in [3.63, 3.8) is 0 Å². The number of aliphatic carboxylic acids is 1. The maximum absolute atomic E-state index is 13.6. The molecule has 1 aliphatic heterocycles. The van der Waals surface area contributed by atoms with Gasteiger partial charge < -0.3 is 131 Å². The number of carboxylic acids is 1. The van der Waals surface area contributed by atoms with E-state index >= 15 is 0 Å². The van der Waals surface area contributed by atoms with E-state index in [1.165, 1.54) is 25.1 Å². The van der Waals surface area contributed by atoms with Gasteiger partial charge in [-0.15, -0.1) is 0 Å². The summed E-state index contributed by atoms with van der Waals surface area (Å²) in [4.78, 5) is 67.9. The van der Waals surface area contributed by atoms with Gasteiger partial charge in [0.15, 0.2) is 11.9 Å². The molecule has 0 unspecified atom stereocenters. The van der Waals surface area contributed by atoms with Crippen molar-refractivity contribution < 1.29 is 144 Å². The standard InChI is InChI=1S/C60H105N3O30/c1-47(64)90-45-48-8-9-52(92-60-56(69)54(67)55(68)57(93-60)59(71)72)49(44-48)58(70)62-10-4-3-6-50(63-53(66)46-89-41-40-87-37-36-85-21-20-77-17-16-75-13-12-73-2)51(65)7-5-11-74-14-15-76-18-19-78-22-23-79-24-25-80-26-27-81-28-29-82-30-31-83-32-33-84-34-35-86-38-39-88-42-43-91-61/h8-9,44,50,54-57,60,67-69H,3-7,10-43,45-46,61H2,1-2H3,(H,62,70)(H,63,66)(H,71,72)/t50-,54-,55-,56+,57-,60+/m0/s1. The fourth-order valence-corrected chi connectivity index (χ4v) is 7.84. The number of Topliss-reactive ketones (excluding diaryl/α,β-unsaturated/α-hetero) is 1. The maximum atomic E-state index is 13.6.